The molecular weight excluding hydrogens is 456 g/mol. The molecule has 0 fully saturated rings. The predicted molar refractivity (Wildman–Crippen MR) is 125 cm³/mol. The molecule has 0 bridgehead atoms. The predicted octanol–water partition coefficient (Wildman–Crippen LogP) is 2.52. The van der Waals surface area contributed by atoms with Gasteiger partial charge in [0.25, 0.3) is 0 Å². The third-order valence-corrected chi connectivity index (χ3v) is 6.78. The number of rotatable bonds is 6. The van der Waals surface area contributed by atoms with Gasteiger partial charge >= 0.3 is 5.97 Å². The van der Waals surface area contributed by atoms with Crippen molar-refractivity contribution < 1.29 is 14.3 Å². The zero-order valence-corrected chi connectivity index (χ0v) is 19.0. The first-order valence-corrected chi connectivity index (χ1v) is 11.7. The summed E-state index contributed by atoms with van der Waals surface area (Å²) in [6, 6.07) is 6.59. The Bertz CT molecular complexity index is 1350. The van der Waals surface area contributed by atoms with Crippen LogP contribution in [0.4, 0.5) is 11.5 Å². The average Bonchev–Trinajstić information content (AvgIpc) is 3.39. The summed E-state index contributed by atoms with van der Waals surface area (Å²) in [5, 5.41) is 14.3. The van der Waals surface area contributed by atoms with Crippen molar-refractivity contribution in [1.82, 2.24) is 30.2 Å². The van der Waals surface area contributed by atoms with E-state index in [9.17, 15) is 9.59 Å². The van der Waals surface area contributed by atoms with Crippen LogP contribution in [0.15, 0.2) is 30.6 Å². The lowest BCUT2D eigenvalue weighted by atomic mass is 10.1. The van der Waals surface area contributed by atoms with Crippen LogP contribution in [-0.2, 0) is 35.5 Å². The number of carbonyl (C=O) groups excluding carboxylic acids is 2. The zero-order valence-electron chi connectivity index (χ0n) is 18.2. The summed E-state index contributed by atoms with van der Waals surface area (Å²) >= 11 is 1.65. The van der Waals surface area contributed by atoms with Crippen molar-refractivity contribution in [1.29, 1.82) is 0 Å². The van der Waals surface area contributed by atoms with Crippen LogP contribution >= 0.6 is 11.3 Å². The fourth-order valence-electron chi connectivity index (χ4n) is 4.04. The molecule has 34 heavy (non-hydrogen) atoms. The molecule has 0 aliphatic heterocycles. The highest BCUT2D eigenvalue weighted by atomic mass is 32.1. The molecule has 1 amide bonds. The van der Waals surface area contributed by atoms with E-state index in [4.69, 9.17) is 10.5 Å². The maximum atomic E-state index is 12.8. The van der Waals surface area contributed by atoms with Crippen molar-refractivity contribution in [2.45, 2.75) is 45.3 Å². The minimum absolute atomic E-state index is 0.0890. The SMILES string of the molecule is Nc1nc(COC(=O)c2ccccc2NC(=O)Cn2cnnn2)nc2sc3c(c12)CCCCC3. The van der Waals surface area contributed by atoms with E-state index in [0.717, 1.165) is 29.5 Å². The molecule has 1 aromatic carbocycles. The Morgan fingerprint density at radius 2 is 2.00 bits per heavy atom. The van der Waals surface area contributed by atoms with Gasteiger partial charge in [0.15, 0.2) is 12.4 Å². The number of para-hydroxylation sites is 1. The van der Waals surface area contributed by atoms with E-state index in [0.29, 0.717) is 17.3 Å². The van der Waals surface area contributed by atoms with Crippen LogP contribution in [-0.4, -0.2) is 42.1 Å². The van der Waals surface area contributed by atoms with E-state index in [1.54, 1.807) is 35.6 Å². The number of hydrogen-bond donors (Lipinski definition) is 2. The number of nitrogen functional groups attached to an aromatic ring is 1. The number of esters is 1. The Kier molecular flexibility index (Phi) is 6.12. The summed E-state index contributed by atoms with van der Waals surface area (Å²) in [5.41, 5.74) is 8.08. The lowest BCUT2D eigenvalue weighted by Gasteiger charge is -2.11. The van der Waals surface area contributed by atoms with Gasteiger partial charge < -0.3 is 15.8 Å². The second-order valence-corrected chi connectivity index (χ2v) is 9.03. The Balaban J connectivity index is 1.29. The van der Waals surface area contributed by atoms with E-state index >= 15 is 0 Å². The number of carbonyl (C=O) groups is 2. The van der Waals surface area contributed by atoms with Gasteiger partial charge in [-0.05, 0) is 53.8 Å². The quantitative estimate of drug-likeness (QED) is 0.315. The summed E-state index contributed by atoms with van der Waals surface area (Å²) in [5.74, 6) is -0.227. The van der Waals surface area contributed by atoms with E-state index in [1.807, 2.05) is 0 Å². The fraction of sp³-hybridized carbons (Fsp3) is 0.318. The van der Waals surface area contributed by atoms with Gasteiger partial charge in [0.1, 0.15) is 23.5 Å². The molecule has 0 spiro atoms. The molecule has 3 heterocycles. The van der Waals surface area contributed by atoms with Gasteiger partial charge in [-0.15, -0.1) is 16.4 Å². The average molecular weight is 479 g/mol. The Labute approximate surface area is 198 Å². The maximum Gasteiger partial charge on any atom is 0.340 e. The Morgan fingerprint density at radius 1 is 1.15 bits per heavy atom. The van der Waals surface area contributed by atoms with Crippen molar-refractivity contribution in [2.24, 2.45) is 0 Å². The third kappa shape index (κ3) is 4.57. The molecule has 12 heteroatoms. The second-order valence-electron chi connectivity index (χ2n) is 7.95. The van der Waals surface area contributed by atoms with Gasteiger partial charge in [-0.2, -0.15) is 0 Å². The largest absolute Gasteiger partial charge is 0.454 e. The van der Waals surface area contributed by atoms with Crippen LogP contribution in [0.5, 0.6) is 0 Å². The minimum atomic E-state index is -0.609. The molecule has 0 saturated heterocycles. The first kappa shape index (κ1) is 21.9. The molecule has 0 saturated carbocycles. The molecule has 0 atom stereocenters. The lowest BCUT2D eigenvalue weighted by Crippen LogP contribution is -2.21. The van der Waals surface area contributed by atoms with Crippen LogP contribution in [0.2, 0.25) is 0 Å². The van der Waals surface area contributed by atoms with Crippen molar-refractivity contribution in [3.05, 3.63) is 52.4 Å². The number of fused-ring (bicyclic) bond motifs is 3. The monoisotopic (exact) mass is 478 g/mol. The van der Waals surface area contributed by atoms with Gasteiger partial charge in [0.05, 0.1) is 16.6 Å². The second kappa shape index (κ2) is 9.51. The summed E-state index contributed by atoms with van der Waals surface area (Å²) in [7, 11) is 0. The highest BCUT2D eigenvalue weighted by Crippen LogP contribution is 2.37. The summed E-state index contributed by atoms with van der Waals surface area (Å²) in [4.78, 5) is 36.2. The summed E-state index contributed by atoms with van der Waals surface area (Å²) in [6.45, 7) is -0.219. The van der Waals surface area contributed by atoms with Gasteiger partial charge in [-0.3, -0.25) is 4.79 Å². The molecule has 174 valence electrons. The van der Waals surface area contributed by atoms with Crippen LogP contribution in [0, 0.1) is 0 Å². The number of anilines is 2. The Hall–Kier alpha value is -3.93. The maximum absolute atomic E-state index is 12.8. The van der Waals surface area contributed by atoms with Crippen molar-refractivity contribution in [3.63, 3.8) is 0 Å². The number of nitrogens with one attached hydrogen (secondary N) is 1. The molecule has 1 aliphatic carbocycles. The van der Waals surface area contributed by atoms with Gasteiger partial charge in [0, 0.05) is 4.88 Å². The van der Waals surface area contributed by atoms with E-state index in [-0.39, 0.29) is 24.6 Å². The van der Waals surface area contributed by atoms with Crippen molar-refractivity contribution in [2.75, 3.05) is 11.1 Å². The molecule has 1 aliphatic rings. The number of benzene rings is 1. The van der Waals surface area contributed by atoms with Crippen LogP contribution < -0.4 is 11.1 Å². The number of aromatic nitrogens is 6. The fourth-order valence-corrected chi connectivity index (χ4v) is 5.33. The molecule has 3 aromatic heterocycles. The van der Waals surface area contributed by atoms with Gasteiger partial charge in [0.2, 0.25) is 5.91 Å². The number of nitrogens with two attached hydrogens (primary N) is 1. The number of thiophene rings is 1. The third-order valence-electron chi connectivity index (χ3n) is 5.59. The topological polar surface area (TPSA) is 151 Å². The summed E-state index contributed by atoms with van der Waals surface area (Å²) < 4.78 is 6.74. The molecule has 0 radical (unpaired) electrons. The van der Waals surface area contributed by atoms with E-state index in [2.05, 4.69) is 30.8 Å². The highest BCUT2D eigenvalue weighted by Gasteiger charge is 2.20. The van der Waals surface area contributed by atoms with Gasteiger partial charge in [-0.25, -0.2) is 19.4 Å². The molecule has 3 N–H and O–H groups in total. The van der Waals surface area contributed by atoms with Crippen LogP contribution in [0.3, 0.4) is 0 Å². The minimum Gasteiger partial charge on any atom is -0.454 e. The van der Waals surface area contributed by atoms with Crippen molar-refractivity contribution >= 4 is 44.9 Å². The first-order chi connectivity index (χ1) is 16.6. The molecule has 11 nitrogen and oxygen atoms in total. The van der Waals surface area contributed by atoms with Crippen LogP contribution in [0.25, 0.3) is 10.2 Å². The number of amides is 1. The smallest absolute Gasteiger partial charge is 0.340 e. The van der Waals surface area contributed by atoms with Crippen LogP contribution in [0.1, 0.15) is 45.9 Å². The van der Waals surface area contributed by atoms with Crippen molar-refractivity contribution in [3.8, 4) is 0 Å². The normalized spacial score (nSPS) is 13.3. The standard InChI is InChI=1S/C22H22N8O3S/c23-20-19-14-7-2-1-3-9-16(14)34-21(19)27-17(26-20)11-33-22(32)13-6-4-5-8-15(13)25-18(31)10-30-12-24-28-29-30/h4-6,8,12H,1-3,7,9-11H2,(H,25,31)(H2,23,26,27). The van der Waals surface area contributed by atoms with Gasteiger partial charge in [-0.1, -0.05) is 18.6 Å². The Morgan fingerprint density at radius 3 is 2.85 bits per heavy atom. The molecule has 0 unspecified atom stereocenters. The number of tetrazole rings is 1. The van der Waals surface area contributed by atoms with E-state index < -0.39 is 5.97 Å². The number of hydrogen-bond acceptors (Lipinski definition) is 10. The molecule has 5 rings (SSSR count). The lowest BCUT2D eigenvalue weighted by molar-refractivity contribution is -0.116. The summed E-state index contributed by atoms with van der Waals surface area (Å²) in [6.07, 6.45) is 6.89. The number of nitrogens with zero attached hydrogens (tertiary/aromatic N) is 6. The number of aryl methyl sites for hydroxylation is 2. The molecular formula is C22H22N8O3S. The zero-order chi connectivity index (χ0) is 23.5. The molecule has 4 aromatic rings. The first-order valence-electron chi connectivity index (χ1n) is 10.9. The number of ether oxygens (including phenoxy) is 1. The van der Waals surface area contributed by atoms with E-state index in [1.165, 1.54) is 34.3 Å². The highest BCUT2D eigenvalue weighted by molar-refractivity contribution is 7.19.